The van der Waals surface area contributed by atoms with E-state index in [1.165, 1.54) is 17.4 Å². The molecule has 0 saturated carbocycles. The van der Waals surface area contributed by atoms with Gasteiger partial charge in [0.1, 0.15) is 0 Å². The van der Waals surface area contributed by atoms with Gasteiger partial charge in [-0.1, -0.05) is 47.1 Å². The molecule has 3 rings (SSSR count). The smallest absolute Gasteiger partial charge is 0.251 e. The number of H-pyrrole nitrogens is 1. The maximum absolute atomic E-state index is 12.1. The van der Waals surface area contributed by atoms with Crippen LogP contribution in [0.5, 0.6) is 0 Å². The topological polar surface area (TPSA) is 87.7 Å². The Balaban J connectivity index is 1.57. The van der Waals surface area contributed by atoms with Crippen molar-refractivity contribution in [3.63, 3.8) is 0 Å². The van der Waals surface area contributed by atoms with Crippen LogP contribution in [0.1, 0.15) is 16.1 Å². The summed E-state index contributed by atoms with van der Waals surface area (Å²) in [5, 5.41) is 4.68. The molecular weight excluding hydrogens is 427 g/mol. The molecule has 0 bridgehead atoms. The normalized spacial score (nSPS) is 10.8. The lowest BCUT2D eigenvalue weighted by Crippen LogP contribution is -2.15. The quantitative estimate of drug-likeness (QED) is 0.443. The predicted molar refractivity (Wildman–Crippen MR) is 110 cm³/mol. The number of thiazole rings is 1. The molecule has 0 aliphatic heterocycles. The fraction of sp³-hybridized carbons (Fsp3) is 0.176. The van der Waals surface area contributed by atoms with Crippen LogP contribution in [-0.2, 0) is 11.2 Å². The molecule has 0 saturated heterocycles. The molecule has 0 aliphatic rings. The molecule has 2 heterocycles. The lowest BCUT2D eigenvalue weighted by Gasteiger charge is -2.03. The Labute approximate surface area is 173 Å². The number of nitrogens with one attached hydrogen (secondary N) is 2. The van der Waals surface area contributed by atoms with Crippen LogP contribution >= 0.6 is 46.3 Å². The number of carbonyl (C=O) groups excluding carboxylic acids is 1. The van der Waals surface area contributed by atoms with Gasteiger partial charge < -0.3 is 10.3 Å². The molecule has 0 radical (unpaired) electrons. The van der Waals surface area contributed by atoms with Crippen molar-refractivity contribution in [3.8, 4) is 0 Å². The van der Waals surface area contributed by atoms with Crippen LogP contribution in [0, 0.1) is 6.92 Å². The van der Waals surface area contributed by atoms with E-state index in [1.807, 2.05) is 12.1 Å². The van der Waals surface area contributed by atoms with E-state index in [0.717, 1.165) is 22.2 Å². The molecule has 6 nitrogen and oxygen atoms in total. The van der Waals surface area contributed by atoms with Crippen LogP contribution in [-0.4, -0.2) is 26.6 Å². The Morgan fingerprint density at radius 2 is 2.19 bits per heavy atom. The minimum atomic E-state index is -0.241. The van der Waals surface area contributed by atoms with Crippen molar-refractivity contribution in [2.75, 3.05) is 11.1 Å². The highest BCUT2D eigenvalue weighted by molar-refractivity contribution is 7.99. The largest absolute Gasteiger partial charge is 0.301 e. The summed E-state index contributed by atoms with van der Waals surface area (Å²) in [6, 6.07) is 6.87. The first-order chi connectivity index (χ1) is 12.9. The van der Waals surface area contributed by atoms with Crippen LogP contribution < -0.4 is 10.9 Å². The molecule has 0 atom stereocenters. The molecule has 2 N–H and O–H groups in total. The van der Waals surface area contributed by atoms with E-state index < -0.39 is 0 Å². The van der Waals surface area contributed by atoms with Gasteiger partial charge in [0.2, 0.25) is 5.91 Å². The van der Waals surface area contributed by atoms with E-state index in [2.05, 4.69) is 20.3 Å². The van der Waals surface area contributed by atoms with Crippen molar-refractivity contribution in [3.05, 3.63) is 67.0 Å². The number of amides is 1. The maximum atomic E-state index is 12.1. The molecule has 0 fully saturated rings. The van der Waals surface area contributed by atoms with Gasteiger partial charge in [0.25, 0.3) is 5.56 Å². The zero-order valence-corrected chi connectivity index (χ0v) is 17.2. The Morgan fingerprint density at radius 3 is 2.96 bits per heavy atom. The molecule has 1 amide bonds. The van der Waals surface area contributed by atoms with Crippen LogP contribution in [0.25, 0.3) is 0 Å². The summed E-state index contributed by atoms with van der Waals surface area (Å²) < 4.78 is 0. The summed E-state index contributed by atoms with van der Waals surface area (Å²) in [5.74, 6) is -0.118. The molecule has 140 valence electrons. The second kappa shape index (κ2) is 8.88. The average molecular weight is 441 g/mol. The van der Waals surface area contributed by atoms with Crippen molar-refractivity contribution in [1.82, 2.24) is 15.0 Å². The number of hydrogen-bond acceptors (Lipinski definition) is 6. The zero-order valence-electron chi connectivity index (χ0n) is 14.1. The molecule has 0 unspecified atom stereocenters. The number of benzene rings is 1. The number of hydrogen-bond donors (Lipinski definition) is 2. The van der Waals surface area contributed by atoms with Gasteiger partial charge in [0.15, 0.2) is 10.3 Å². The number of aromatic amines is 1. The average Bonchev–Trinajstić information content (AvgIpc) is 3.03. The summed E-state index contributed by atoms with van der Waals surface area (Å²) >= 11 is 14.8. The molecule has 0 aliphatic carbocycles. The van der Waals surface area contributed by atoms with Crippen molar-refractivity contribution < 1.29 is 4.79 Å². The van der Waals surface area contributed by atoms with Gasteiger partial charge in [-0.05, 0) is 18.6 Å². The summed E-state index contributed by atoms with van der Waals surface area (Å²) in [5.41, 5.74) is 1.26. The molecule has 0 spiro atoms. The first-order valence-electron chi connectivity index (χ1n) is 7.79. The summed E-state index contributed by atoms with van der Waals surface area (Å²) in [7, 11) is 0. The maximum Gasteiger partial charge on any atom is 0.251 e. The van der Waals surface area contributed by atoms with E-state index in [-0.39, 0.29) is 17.2 Å². The highest BCUT2D eigenvalue weighted by atomic mass is 35.5. The number of anilines is 1. The van der Waals surface area contributed by atoms with Gasteiger partial charge in [0.05, 0.1) is 15.8 Å². The van der Waals surface area contributed by atoms with E-state index in [9.17, 15) is 9.59 Å². The number of halogens is 2. The monoisotopic (exact) mass is 440 g/mol. The van der Waals surface area contributed by atoms with E-state index >= 15 is 0 Å². The summed E-state index contributed by atoms with van der Waals surface area (Å²) in [4.78, 5) is 35.4. The van der Waals surface area contributed by atoms with Gasteiger partial charge in [-0.2, -0.15) is 0 Å². The molecule has 2 aromatic heterocycles. The Morgan fingerprint density at radius 1 is 1.37 bits per heavy atom. The lowest BCUT2D eigenvalue weighted by atomic mass is 10.1. The second-order valence-electron chi connectivity index (χ2n) is 5.55. The molecule has 10 heteroatoms. The van der Waals surface area contributed by atoms with E-state index in [0.29, 0.717) is 32.4 Å². The van der Waals surface area contributed by atoms with Crippen LogP contribution in [0.2, 0.25) is 10.0 Å². The number of thioether (sulfide) groups is 1. The molecule has 1 aromatic carbocycles. The number of nitrogens with zero attached hydrogens (tertiary/aromatic N) is 2. The third kappa shape index (κ3) is 5.55. The van der Waals surface area contributed by atoms with E-state index in [4.69, 9.17) is 23.2 Å². The standard InChI is InChI=1S/C17H14Cl2N4O2S2/c1-9-5-13(24)22-17(21-9)26-8-14(25)23-16-20-7-11(27-16)6-10-3-2-4-12(18)15(10)19/h2-5,7H,6,8H2,1H3,(H,20,23,25)(H,21,22,24). The van der Waals surface area contributed by atoms with Crippen molar-refractivity contribution in [2.24, 2.45) is 0 Å². The number of aromatic nitrogens is 3. The third-order valence-corrected chi connectivity index (χ3v) is 6.03. The first-order valence-corrected chi connectivity index (χ1v) is 10.3. The highest BCUT2D eigenvalue weighted by Gasteiger charge is 2.11. The van der Waals surface area contributed by atoms with Crippen LogP contribution in [0.4, 0.5) is 5.13 Å². The highest BCUT2D eigenvalue weighted by Crippen LogP contribution is 2.29. The van der Waals surface area contributed by atoms with Crippen LogP contribution in [0.15, 0.2) is 40.4 Å². The molecule has 27 heavy (non-hydrogen) atoms. The minimum absolute atomic E-state index is 0.113. The number of carbonyl (C=O) groups is 1. The fourth-order valence-electron chi connectivity index (χ4n) is 2.23. The Hall–Kier alpha value is -1.87. The second-order valence-corrected chi connectivity index (χ2v) is 8.41. The van der Waals surface area contributed by atoms with Crippen molar-refractivity contribution in [2.45, 2.75) is 18.5 Å². The van der Waals surface area contributed by atoms with Gasteiger partial charge in [-0.25, -0.2) is 9.97 Å². The number of aryl methyl sites for hydroxylation is 1. The van der Waals surface area contributed by atoms with Crippen molar-refractivity contribution in [1.29, 1.82) is 0 Å². The zero-order chi connectivity index (χ0) is 19.4. The molecular formula is C17H14Cl2N4O2S2. The summed E-state index contributed by atoms with van der Waals surface area (Å²) in [6.07, 6.45) is 2.28. The van der Waals surface area contributed by atoms with Gasteiger partial charge in [0, 0.05) is 29.3 Å². The summed E-state index contributed by atoms with van der Waals surface area (Å²) in [6.45, 7) is 1.72. The lowest BCUT2D eigenvalue weighted by molar-refractivity contribution is -0.113. The third-order valence-electron chi connectivity index (χ3n) is 3.38. The predicted octanol–water partition coefficient (Wildman–Crippen LogP) is 4.16. The van der Waals surface area contributed by atoms with Gasteiger partial charge in [-0.15, -0.1) is 11.3 Å². The van der Waals surface area contributed by atoms with Gasteiger partial charge in [-0.3, -0.25) is 9.59 Å². The van der Waals surface area contributed by atoms with E-state index in [1.54, 1.807) is 19.2 Å². The fourth-order valence-corrected chi connectivity index (χ4v) is 4.19. The van der Waals surface area contributed by atoms with Crippen LogP contribution in [0.3, 0.4) is 0 Å². The first kappa shape index (κ1) is 19.9. The van der Waals surface area contributed by atoms with Gasteiger partial charge >= 0.3 is 0 Å². The number of rotatable bonds is 6. The Bertz CT molecular complexity index is 1040. The SMILES string of the molecule is Cc1cc(=O)[nH]c(SCC(=O)Nc2ncc(Cc3cccc(Cl)c3Cl)s2)n1. The molecule has 3 aromatic rings. The Kier molecular flexibility index (Phi) is 6.54. The minimum Gasteiger partial charge on any atom is -0.301 e. The van der Waals surface area contributed by atoms with Crippen molar-refractivity contribution >= 4 is 57.3 Å².